The zero-order chi connectivity index (χ0) is 20.5. The van der Waals surface area contributed by atoms with Gasteiger partial charge >= 0.3 is 0 Å². The maximum Gasteiger partial charge on any atom is 0.241 e. The average Bonchev–Trinajstić information content (AvgIpc) is 3.15. The van der Waals surface area contributed by atoms with Crippen LogP contribution in [0.25, 0.3) is 5.69 Å². The molecule has 0 fully saturated rings. The third-order valence-corrected chi connectivity index (χ3v) is 6.43. The molecular weight excluding hydrogens is 372 g/mol. The summed E-state index contributed by atoms with van der Waals surface area (Å²) >= 11 is 0. The number of aryl methyl sites for hydroxylation is 1. The molecule has 7 heteroatoms. The van der Waals surface area contributed by atoms with E-state index >= 15 is 0 Å². The Labute approximate surface area is 166 Å². The van der Waals surface area contributed by atoms with E-state index in [4.69, 9.17) is 0 Å². The van der Waals surface area contributed by atoms with Gasteiger partial charge in [0.15, 0.2) is 0 Å². The van der Waals surface area contributed by atoms with Crippen molar-refractivity contribution in [1.82, 2.24) is 19.5 Å². The Bertz CT molecular complexity index is 1050. The first-order valence-corrected chi connectivity index (χ1v) is 10.6. The maximum absolute atomic E-state index is 13.0. The molecule has 0 saturated heterocycles. The molecule has 148 valence electrons. The van der Waals surface area contributed by atoms with Gasteiger partial charge in [0.25, 0.3) is 0 Å². The summed E-state index contributed by atoms with van der Waals surface area (Å²) in [6, 6.07) is 12.8. The van der Waals surface area contributed by atoms with Gasteiger partial charge in [-0.2, -0.15) is 5.10 Å². The van der Waals surface area contributed by atoms with Crippen LogP contribution in [0.1, 0.15) is 50.4 Å². The Hall–Kier alpha value is -2.51. The number of sulfonamides is 1. The second-order valence-corrected chi connectivity index (χ2v) is 9.69. The molecule has 1 unspecified atom stereocenters. The molecule has 0 spiro atoms. The number of aromatic nitrogens is 3. The highest BCUT2D eigenvalue weighted by atomic mass is 32.2. The van der Waals surface area contributed by atoms with E-state index in [-0.39, 0.29) is 11.5 Å². The molecular formula is C21H26N4O2S. The van der Waals surface area contributed by atoms with Crippen LogP contribution in [-0.2, 0) is 15.4 Å². The SMILES string of the molecule is Cc1ccc(C(C)(C)C)cc1S(=O)(=O)NC(C)c1ccc(-n2cncn2)cc1. The maximum atomic E-state index is 13.0. The molecule has 2 aromatic carbocycles. The van der Waals surface area contributed by atoms with Crippen molar-refractivity contribution in [2.45, 2.75) is 51.0 Å². The first-order valence-electron chi connectivity index (χ1n) is 9.16. The summed E-state index contributed by atoms with van der Waals surface area (Å²) in [5, 5.41) is 4.09. The van der Waals surface area contributed by atoms with E-state index in [0.29, 0.717) is 4.90 Å². The Morgan fingerprint density at radius 3 is 2.32 bits per heavy atom. The second kappa shape index (κ2) is 7.48. The number of hydrogen-bond acceptors (Lipinski definition) is 4. The first kappa shape index (κ1) is 20.2. The predicted octanol–water partition coefficient (Wildman–Crippen LogP) is 3.91. The van der Waals surface area contributed by atoms with Crippen LogP contribution < -0.4 is 4.72 Å². The van der Waals surface area contributed by atoms with Crippen LogP contribution in [0.15, 0.2) is 60.0 Å². The number of nitrogens with one attached hydrogen (secondary N) is 1. The zero-order valence-electron chi connectivity index (χ0n) is 16.8. The van der Waals surface area contributed by atoms with Crippen molar-refractivity contribution >= 4 is 10.0 Å². The summed E-state index contributed by atoms with van der Waals surface area (Å²) in [6.07, 6.45) is 3.09. The topological polar surface area (TPSA) is 76.9 Å². The van der Waals surface area contributed by atoms with Gasteiger partial charge in [0, 0.05) is 6.04 Å². The Kier molecular flexibility index (Phi) is 5.41. The van der Waals surface area contributed by atoms with Gasteiger partial charge in [-0.3, -0.25) is 0 Å². The quantitative estimate of drug-likeness (QED) is 0.707. The van der Waals surface area contributed by atoms with Crippen LogP contribution >= 0.6 is 0 Å². The van der Waals surface area contributed by atoms with E-state index in [1.54, 1.807) is 17.1 Å². The van der Waals surface area contributed by atoms with Gasteiger partial charge in [0.1, 0.15) is 12.7 Å². The zero-order valence-corrected chi connectivity index (χ0v) is 17.7. The van der Waals surface area contributed by atoms with E-state index in [0.717, 1.165) is 22.4 Å². The predicted molar refractivity (Wildman–Crippen MR) is 110 cm³/mol. The summed E-state index contributed by atoms with van der Waals surface area (Å²) in [7, 11) is -3.65. The lowest BCUT2D eigenvalue weighted by atomic mass is 9.87. The standard InChI is InChI=1S/C21H26N4O2S/c1-15-6-9-18(21(3,4)5)12-20(15)28(26,27)24-16(2)17-7-10-19(11-8-17)25-14-22-13-23-25/h6-14,16,24H,1-5H3. The second-order valence-electron chi connectivity index (χ2n) is 8.00. The van der Waals surface area contributed by atoms with Crippen molar-refractivity contribution < 1.29 is 8.42 Å². The average molecular weight is 399 g/mol. The molecule has 3 rings (SSSR count). The Morgan fingerprint density at radius 2 is 1.75 bits per heavy atom. The summed E-state index contributed by atoms with van der Waals surface area (Å²) in [5.74, 6) is 0. The van der Waals surface area contributed by atoms with Gasteiger partial charge < -0.3 is 0 Å². The Morgan fingerprint density at radius 1 is 1.07 bits per heavy atom. The molecule has 1 heterocycles. The first-order chi connectivity index (χ1) is 13.1. The van der Waals surface area contributed by atoms with E-state index in [1.807, 2.05) is 50.2 Å². The van der Waals surface area contributed by atoms with Gasteiger partial charge in [-0.05, 0) is 54.2 Å². The van der Waals surface area contributed by atoms with Crippen molar-refractivity contribution in [3.8, 4) is 5.69 Å². The fourth-order valence-electron chi connectivity index (χ4n) is 2.98. The fourth-order valence-corrected chi connectivity index (χ4v) is 4.48. The molecule has 0 amide bonds. The van der Waals surface area contributed by atoms with Crippen LogP contribution in [0.4, 0.5) is 0 Å². The summed E-state index contributed by atoms with van der Waals surface area (Å²) in [4.78, 5) is 4.26. The lowest BCUT2D eigenvalue weighted by molar-refractivity contribution is 0.563. The fraction of sp³-hybridized carbons (Fsp3) is 0.333. The molecule has 1 N–H and O–H groups in total. The van der Waals surface area contributed by atoms with E-state index in [9.17, 15) is 8.42 Å². The van der Waals surface area contributed by atoms with Crippen molar-refractivity contribution in [2.24, 2.45) is 0 Å². The van der Waals surface area contributed by atoms with E-state index < -0.39 is 10.0 Å². The summed E-state index contributed by atoms with van der Waals surface area (Å²) in [5.41, 5.74) is 3.33. The monoisotopic (exact) mass is 398 g/mol. The van der Waals surface area contributed by atoms with Gasteiger partial charge in [-0.1, -0.05) is 45.0 Å². The van der Waals surface area contributed by atoms with Crippen LogP contribution in [0.2, 0.25) is 0 Å². The molecule has 1 aromatic heterocycles. The van der Waals surface area contributed by atoms with Gasteiger partial charge in [0.2, 0.25) is 10.0 Å². The minimum absolute atomic E-state index is 0.124. The van der Waals surface area contributed by atoms with Crippen molar-refractivity contribution in [2.75, 3.05) is 0 Å². The van der Waals surface area contributed by atoms with E-state index in [1.165, 1.54) is 6.33 Å². The highest BCUT2D eigenvalue weighted by Gasteiger charge is 2.23. The van der Waals surface area contributed by atoms with Crippen LogP contribution in [0.3, 0.4) is 0 Å². The normalized spacial score (nSPS) is 13.5. The molecule has 0 aliphatic heterocycles. The summed E-state index contributed by atoms with van der Waals surface area (Å²) < 4.78 is 30.5. The number of nitrogens with zero attached hydrogens (tertiary/aromatic N) is 3. The highest BCUT2D eigenvalue weighted by Crippen LogP contribution is 2.27. The van der Waals surface area contributed by atoms with Gasteiger partial charge in [-0.15, -0.1) is 0 Å². The molecule has 0 bridgehead atoms. The molecule has 0 radical (unpaired) electrons. The minimum atomic E-state index is -3.65. The van der Waals surface area contributed by atoms with Gasteiger partial charge in [-0.25, -0.2) is 22.8 Å². The van der Waals surface area contributed by atoms with Gasteiger partial charge in [0.05, 0.1) is 10.6 Å². The molecule has 0 aliphatic carbocycles. The molecule has 28 heavy (non-hydrogen) atoms. The molecule has 6 nitrogen and oxygen atoms in total. The van der Waals surface area contributed by atoms with Crippen LogP contribution in [-0.4, -0.2) is 23.2 Å². The van der Waals surface area contributed by atoms with Crippen molar-refractivity contribution in [1.29, 1.82) is 0 Å². The van der Waals surface area contributed by atoms with Crippen LogP contribution in [0.5, 0.6) is 0 Å². The lowest BCUT2D eigenvalue weighted by Crippen LogP contribution is -2.28. The molecule has 0 aliphatic rings. The van der Waals surface area contributed by atoms with Crippen molar-refractivity contribution in [3.05, 3.63) is 71.8 Å². The smallest absolute Gasteiger partial charge is 0.223 e. The van der Waals surface area contributed by atoms with Crippen molar-refractivity contribution in [3.63, 3.8) is 0 Å². The summed E-state index contributed by atoms with van der Waals surface area (Å²) in [6.45, 7) is 9.87. The third kappa shape index (κ3) is 4.31. The van der Waals surface area contributed by atoms with E-state index in [2.05, 4.69) is 35.6 Å². The van der Waals surface area contributed by atoms with Crippen LogP contribution in [0, 0.1) is 6.92 Å². The highest BCUT2D eigenvalue weighted by molar-refractivity contribution is 7.89. The third-order valence-electron chi connectivity index (χ3n) is 4.75. The number of hydrogen-bond donors (Lipinski definition) is 1. The lowest BCUT2D eigenvalue weighted by Gasteiger charge is -2.22. The Balaban J connectivity index is 1.84. The molecule has 0 saturated carbocycles. The molecule has 1 atom stereocenters. The largest absolute Gasteiger partial charge is 0.241 e. The number of rotatable bonds is 5. The number of benzene rings is 2. The minimum Gasteiger partial charge on any atom is -0.223 e. The molecule has 3 aromatic rings.